The summed E-state index contributed by atoms with van der Waals surface area (Å²) >= 11 is 0. The third-order valence-electron chi connectivity index (χ3n) is 5.02. The lowest BCUT2D eigenvalue weighted by atomic mass is 9.79. The summed E-state index contributed by atoms with van der Waals surface area (Å²) in [4.78, 5) is 44.1. The van der Waals surface area contributed by atoms with Crippen LogP contribution in [0.1, 0.15) is 47.2 Å². The van der Waals surface area contributed by atoms with Crippen molar-refractivity contribution < 1.29 is 4.79 Å². The molecule has 2 heterocycles. The van der Waals surface area contributed by atoms with Gasteiger partial charge < -0.3 is 0 Å². The number of carbonyl (C=O) groups is 1. The molecule has 0 fully saturated rings. The predicted molar refractivity (Wildman–Crippen MR) is 98.7 cm³/mol. The Morgan fingerprint density at radius 2 is 1.92 bits per heavy atom. The number of H-pyrrole nitrogens is 1. The summed E-state index contributed by atoms with van der Waals surface area (Å²) in [6, 6.07) is 9.85. The van der Waals surface area contributed by atoms with Gasteiger partial charge in [0.25, 0.3) is 5.56 Å². The van der Waals surface area contributed by atoms with Gasteiger partial charge in [-0.05, 0) is 29.9 Å². The predicted octanol–water partition coefficient (Wildman–Crippen LogP) is 2.41. The highest BCUT2D eigenvalue weighted by Crippen LogP contribution is 2.34. The molecule has 0 saturated carbocycles. The summed E-state index contributed by atoms with van der Waals surface area (Å²) in [7, 11) is 0. The zero-order valence-corrected chi connectivity index (χ0v) is 14.5. The molecule has 1 aromatic carbocycles. The molecule has 1 N–H and O–H groups in total. The summed E-state index contributed by atoms with van der Waals surface area (Å²) < 4.78 is 1.48. The second-order valence-corrected chi connectivity index (χ2v) is 6.70. The van der Waals surface area contributed by atoms with Gasteiger partial charge in [0.2, 0.25) is 0 Å². The summed E-state index contributed by atoms with van der Waals surface area (Å²) in [5.41, 5.74) is 1.71. The zero-order valence-electron chi connectivity index (χ0n) is 14.5. The van der Waals surface area contributed by atoms with Gasteiger partial charge in [-0.15, -0.1) is 0 Å². The fraction of sp³-hybridized carbons (Fsp3) is 0.300. The molecule has 1 atom stereocenters. The van der Waals surface area contributed by atoms with Gasteiger partial charge in [-0.1, -0.05) is 37.3 Å². The van der Waals surface area contributed by atoms with E-state index >= 15 is 0 Å². The van der Waals surface area contributed by atoms with E-state index in [1.165, 1.54) is 10.8 Å². The SMILES string of the molecule is CCCn1c(=O)[nH]c(=O)c2c3c(cnc21)C(=O)CC(c1ccccc1)C3. The molecule has 0 amide bonds. The fourth-order valence-corrected chi connectivity index (χ4v) is 3.80. The molecule has 4 rings (SSSR count). The molecule has 2 aromatic heterocycles. The van der Waals surface area contributed by atoms with Crippen LogP contribution in [0, 0.1) is 0 Å². The average molecular weight is 349 g/mol. The van der Waals surface area contributed by atoms with Crippen LogP contribution in [0.3, 0.4) is 0 Å². The Morgan fingerprint density at radius 1 is 1.15 bits per heavy atom. The number of pyridine rings is 1. The van der Waals surface area contributed by atoms with Crippen molar-refractivity contribution in [2.45, 2.75) is 38.6 Å². The Kier molecular flexibility index (Phi) is 4.03. The maximum Gasteiger partial charge on any atom is 0.329 e. The number of Topliss-reactive ketones (excluding diaryl/α,β-unsaturated/α-hetero) is 1. The molecule has 0 spiro atoms. The van der Waals surface area contributed by atoms with Gasteiger partial charge in [-0.25, -0.2) is 9.78 Å². The Bertz CT molecular complexity index is 1110. The van der Waals surface area contributed by atoms with Crippen LogP contribution in [0.25, 0.3) is 11.0 Å². The highest BCUT2D eigenvalue weighted by molar-refractivity contribution is 6.02. The number of benzene rings is 1. The minimum atomic E-state index is -0.469. The van der Waals surface area contributed by atoms with Crippen molar-refractivity contribution in [3.8, 4) is 0 Å². The van der Waals surface area contributed by atoms with Crippen LogP contribution in [-0.2, 0) is 13.0 Å². The Hall–Kier alpha value is -3.02. The average Bonchev–Trinajstić information content (AvgIpc) is 2.65. The summed E-state index contributed by atoms with van der Waals surface area (Å²) in [6.45, 7) is 2.42. The number of nitrogens with zero attached hydrogens (tertiary/aromatic N) is 2. The highest BCUT2D eigenvalue weighted by atomic mass is 16.2. The number of carbonyl (C=O) groups excluding carboxylic acids is 1. The van der Waals surface area contributed by atoms with E-state index in [9.17, 15) is 14.4 Å². The largest absolute Gasteiger partial charge is 0.329 e. The Morgan fingerprint density at radius 3 is 2.65 bits per heavy atom. The number of aromatic nitrogens is 3. The Labute approximate surface area is 149 Å². The van der Waals surface area contributed by atoms with Crippen molar-refractivity contribution in [3.05, 3.63) is 74.1 Å². The van der Waals surface area contributed by atoms with E-state index in [4.69, 9.17) is 0 Å². The third-order valence-corrected chi connectivity index (χ3v) is 5.02. The molecule has 132 valence electrons. The summed E-state index contributed by atoms with van der Waals surface area (Å²) in [5.74, 6) is 0.00916. The maximum atomic E-state index is 12.7. The van der Waals surface area contributed by atoms with Crippen molar-refractivity contribution in [1.29, 1.82) is 0 Å². The standard InChI is InChI=1S/C20H19N3O3/c1-2-8-23-18-17(19(25)22-20(23)26)14-9-13(12-6-4-3-5-7-12)10-16(24)15(14)11-21-18/h3-7,11,13H,2,8-10H2,1H3,(H,22,25,26). The molecule has 1 aliphatic rings. The van der Waals surface area contributed by atoms with Crippen LogP contribution in [0.4, 0.5) is 0 Å². The maximum absolute atomic E-state index is 12.7. The molecule has 3 aromatic rings. The van der Waals surface area contributed by atoms with Crippen LogP contribution < -0.4 is 11.2 Å². The van der Waals surface area contributed by atoms with Gasteiger partial charge in [0.15, 0.2) is 5.78 Å². The number of aromatic amines is 1. The molecule has 0 saturated heterocycles. The molecule has 0 bridgehead atoms. The smallest absolute Gasteiger partial charge is 0.294 e. The first-order chi connectivity index (χ1) is 12.6. The number of rotatable bonds is 3. The molecule has 6 heteroatoms. The first kappa shape index (κ1) is 16.4. The van der Waals surface area contributed by atoms with Crippen LogP contribution in [0.5, 0.6) is 0 Å². The van der Waals surface area contributed by atoms with Gasteiger partial charge in [-0.3, -0.25) is 19.1 Å². The Balaban J connectivity index is 1.96. The molecule has 26 heavy (non-hydrogen) atoms. The van der Waals surface area contributed by atoms with E-state index in [0.29, 0.717) is 41.5 Å². The lowest BCUT2D eigenvalue weighted by molar-refractivity contribution is 0.0964. The van der Waals surface area contributed by atoms with Crippen molar-refractivity contribution in [1.82, 2.24) is 14.5 Å². The number of hydrogen-bond acceptors (Lipinski definition) is 4. The fourth-order valence-electron chi connectivity index (χ4n) is 3.80. The number of ketones is 1. The van der Waals surface area contributed by atoms with Gasteiger partial charge >= 0.3 is 5.69 Å². The van der Waals surface area contributed by atoms with Crippen LogP contribution in [0.15, 0.2) is 46.1 Å². The van der Waals surface area contributed by atoms with E-state index in [2.05, 4.69) is 9.97 Å². The van der Waals surface area contributed by atoms with Gasteiger partial charge in [0.05, 0.1) is 5.39 Å². The van der Waals surface area contributed by atoms with Crippen molar-refractivity contribution in [2.75, 3.05) is 0 Å². The van der Waals surface area contributed by atoms with Gasteiger partial charge in [0.1, 0.15) is 5.65 Å². The quantitative estimate of drug-likeness (QED) is 0.787. The first-order valence-corrected chi connectivity index (χ1v) is 8.83. The van der Waals surface area contributed by atoms with E-state index in [-0.39, 0.29) is 11.7 Å². The summed E-state index contributed by atoms with van der Waals surface area (Å²) in [5, 5.41) is 0.365. The summed E-state index contributed by atoms with van der Waals surface area (Å²) in [6.07, 6.45) is 3.24. The van der Waals surface area contributed by atoms with Crippen molar-refractivity contribution >= 4 is 16.8 Å². The molecule has 0 radical (unpaired) electrons. The number of hydrogen-bond donors (Lipinski definition) is 1. The number of aryl methyl sites for hydroxylation is 1. The number of nitrogens with one attached hydrogen (secondary N) is 1. The second-order valence-electron chi connectivity index (χ2n) is 6.70. The topological polar surface area (TPSA) is 84.8 Å². The van der Waals surface area contributed by atoms with E-state index in [1.54, 1.807) is 0 Å². The van der Waals surface area contributed by atoms with E-state index in [0.717, 1.165) is 12.0 Å². The zero-order chi connectivity index (χ0) is 18.3. The number of fused-ring (bicyclic) bond motifs is 3. The van der Waals surface area contributed by atoms with Gasteiger partial charge in [0, 0.05) is 24.7 Å². The normalized spacial score (nSPS) is 16.7. The first-order valence-electron chi connectivity index (χ1n) is 8.83. The van der Waals surface area contributed by atoms with Gasteiger partial charge in [-0.2, -0.15) is 0 Å². The minimum absolute atomic E-state index is 0.0119. The van der Waals surface area contributed by atoms with Crippen LogP contribution in [0.2, 0.25) is 0 Å². The second kappa shape index (κ2) is 6.37. The molecule has 6 nitrogen and oxygen atoms in total. The monoisotopic (exact) mass is 349 g/mol. The molecular weight excluding hydrogens is 330 g/mol. The molecule has 0 aliphatic heterocycles. The van der Waals surface area contributed by atoms with E-state index < -0.39 is 11.2 Å². The lowest BCUT2D eigenvalue weighted by Crippen LogP contribution is -2.33. The van der Waals surface area contributed by atoms with Crippen molar-refractivity contribution in [3.63, 3.8) is 0 Å². The highest BCUT2D eigenvalue weighted by Gasteiger charge is 2.29. The van der Waals surface area contributed by atoms with Crippen LogP contribution >= 0.6 is 0 Å². The lowest BCUT2D eigenvalue weighted by Gasteiger charge is -2.25. The van der Waals surface area contributed by atoms with Crippen molar-refractivity contribution in [2.24, 2.45) is 0 Å². The van der Waals surface area contributed by atoms with E-state index in [1.807, 2.05) is 37.3 Å². The molecule has 1 aliphatic carbocycles. The minimum Gasteiger partial charge on any atom is -0.294 e. The molecular formula is C20H19N3O3. The third kappa shape index (κ3) is 2.58. The van der Waals surface area contributed by atoms with Crippen LogP contribution in [-0.4, -0.2) is 20.3 Å². The molecule has 1 unspecified atom stereocenters.